The number of nitrogens with zero attached hydrogens (tertiary/aromatic N) is 1. The molecule has 1 heterocycles. The molecule has 1 aliphatic rings. The van der Waals surface area contributed by atoms with E-state index in [-0.39, 0.29) is 11.8 Å². The number of ether oxygens (including phenoxy) is 1. The number of esters is 1. The van der Waals surface area contributed by atoms with E-state index in [1.54, 1.807) is 24.3 Å². The van der Waals surface area contributed by atoms with E-state index in [4.69, 9.17) is 4.74 Å². The summed E-state index contributed by atoms with van der Waals surface area (Å²) in [5.41, 5.74) is 1.14. The van der Waals surface area contributed by atoms with Crippen LogP contribution in [0.4, 0.5) is 0 Å². The van der Waals surface area contributed by atoms with Crippen LogP contribution < -0.4 is 10.1 Å². The Morgan fingerprint density at radius 2 is 1.76 bits per heavy atom. The third-order valence-electron chi connectivity index (χ3n) is 4.90. The van der Waals surface area contributed by atoms with Gasteiger partial charge in [-0.1, -0.05) is 22.0 Å². The summed E-state index contributed by atoms with van der Waals surface area (Å²) < 4.78 is 5.96. The highest BCUT2D eigenvalue weighted by Gasteiger charge is 2.24. The fourth-order valence-corrected chi connectivity index (χ4v) is 3.59. The summed E-state index contributed by atoms with van der Waals surface area (Å²) in [5.74, 6) is 0.0936. The number of carbonyl (C=O) groups excluding carboxylic acids is 3. The van der Waals surface area contributed by atoms with Gasteiger partial charge in [-0.05, 0) is 61.2 Å². The van der Waals surface area contributed by atoms with Gasteiger partial charge in [0, 0.05) is 42.2 Å². The zero-order chi connectivity index (χ0) is 20.8. The Balaban J connectivity index is 1.47. The number of hydrogen-bond acceptors (Lipinski definition) is 4. The lowest BCUT2D eigenvalue weighted by Crippen LogP contribution is -2.41. The van der Waals surface area contributed by atoms with Gasteiger partial charge in [0.2, 0.25) is 0 Å². The molecule has 2 aromatic carbocycles. The topological polar surface area (TPSA) is 75.7 Å². The Morgan fingerprint density at radius 3 is 2.41 bits per heavy atom. The van der Waals surface area contributed by atoms with Crippen molar-refractivity contribution in [2.45, 2.75) is 19.8 Å². The van der Waals surface area contributed by atoms with Gasteiger partial charge in [-0.3, -0.25) is 14.4 Å². The van der Waals surface area contributed by atoms with Crippen molar-refractivity contribution in [3.8, 4) is 5.75 Å². The Kier molecular flexibility index (Phi) is 7.04. The van der Waals surface area contributed by atoms with Crippen molar-refractivity contribution < 1.29 is 19.1 Å². The summed E-state index contributed by atoms with van der Waals surface area (Å²) in [6, 6.07) is 13.9. The maximum atomic E-state index is 12.6. The predicted octanol–water partition coefficient (Wildman–Crippen LogP) is 3.66. The van der Waals surface area contributed by atoms with Gasteiger partial charge in [0.1, 0.15) is 5.75 Å². The van der Waals surface area contributed by atoms with E-state index in [2.05, 4.69) is 21.2 Å². The maximum absolute atomic E-state index is 12.6. The first-order valence-electron chi connectivity index (χ1n) is 9.54. The molecule has 0 bridgehead atoms. The molecule has 0 saturated carbocycles. The minimum absolute atomic E-state index is 0.0438. The Hall–Kier alpha value is -2.67. The summed E-state index contributed by atoms with van der Waals surface area (Å²) >= 11 is 3.38. The van der Waals surface area contributed by atoms with Crippen molar-refractivity contribution in [3.05, 3.63) is 64.1 Å². The molecule has 1 saturated heterocycles. The molecule has 6 nitrogen and oxygen atoms in total. The number of piperidine rings is 1. The summed E-state index contributed by atoms with van der Waals surface area (Å²) in [4.78, 5) is 37.9. The van der Waals surface area contributed by atoms with Crippen molar-refractivity contribution in [3.63, 3.8) is 0 Å². The van der Waals surface area contributed by atoms with Crippen LogP contribution in [0.5, 0.6) is 5.75 Å². The fraction of sp³-hybridized carbons (Fsp3) is 0.318. The molecular formula is C22H23BrN2O4. The highest BCUT2D eigenvalue weighted by molar-refractivity contribution is 9.10. The monoisotopic (exact) mass is 458 g/mol. The molecule has 0 aliphatic carbocycles. The second-order valence-corrected chi connectivity index (χ2v) is 7.99. The first-order chi connectivity index (χ1) is 13.9. The van der Waals surface area contributed by atoms with Crippen molar-refractivity contribution in [2.24, 2.45) is 5.92 Å². The minimum Gasteiger partial charge on any atom is -0.427 e. The maximum Gasteiger partial charge on any atom is 0.308 e. The smallest absolute Gasteiger partial charge is 0.308 e. The normalized spacial score (nSPS) is 14.3. The lowest BCUT2D eigenvalue weighted by atomic mass is 9.96. The number of likely N-dealkylation sites (tertiary alicyclic amines) is 1. The van der Waals surface area contributed by atoms with Gasteiger partial charge in [0.15, 0.2) is 0 Å². The Labute approximate surface area is 178 Å². The summed E-state index contributed by atoms with van der Waals surface area (Å²) in [6.45, 7) is 3.23. The molecule has 0 radical (unpaired) electrons. The van der Waals surface area contributed by atoms with Gasteiger partial charge in [0.05, 0.1) is 0 Å². The third kappa shape index (κ3) is 5.90. The molecule has 152 valence electrons. The quantitative estimate of drug-likeness (QED) is 0.547. The highest BCUT2D eigenvalue weighted by atomic mass is 79.9. The molecule has 1 N–H and O–H groups in total. The molecule has 29 heavy (non-hydrogen) atoms. The van der Waals surface area contributed by atoms with E-state index in [1.165, 1.54) is 6.92 Å². The van der Waals surface area contributed by atoms with Crippen LogP contribution in [0.1, 0.15) is 40.5 Å². The number of carbonyl (C=O) groups is 3. The van der Waals surface area contributed by atoms with Gasteiger partial charge in [0.25, 0.3) is 11.8 Å². The minimum atomic E-state index is -0.424. The van der Waals surface area contributed by atoms with Crippen molar-refractivity contribution in [1.29, 1.82) is 0 Å². The van der Waals surface area contributed by atoms with Crippen LogP contribution in [0.15, 0.2) is 53.0 Å². The van der Waals surface area contributed by atoms with E-state index in [1.807, 2.05) is 29.2 Å². The largest absolute Gasteiger partial charge is 0.427 e. The molecule has 1 aliphatic heterocycles. The molecule has 2 aromatic rings. The van der Waals surface area contributed by atoms with E-state index in [9.17, 15) is 14.4 Å². The van der Waals surface area contributed by atoms with Gasteiger partial charge < -0.3 is 15.0 Å². The number of hydrogen-bond donors (Lipinski definition) is 1. The molecule has 0 atom stereocenters. The molecule has 0 unspecified atom stereocenters. The van der Waals surface area contributed by atoms with Crippen LogP contribution >= 0.6 is 15.9 Å². The van der Waals surface area contributed by atoms with Crippen LogP contribution in [-0.4, -0.2) is 42.3 Å². The first-order valence-corrected chi connectivity index (χ1v) is 10.3. The SMILES string of the molecule is CC(=O)Oc1cccc(C(=O)NCC2CCN(C(=O)c3ccc(Br)cc3)CC2)c1. The Bertz CT molecular complexity index is 890. The van der Waals surface area contributed by atoms with Gasteiger partial charge in [-0.25, -0.2) is 0 Å². The average Bonchev–Trinajstić information content (AvgIpc) is 2.72. The summed E-state index contributed by atoms with van der Waals surface area (Å²) in [6.07, 6.45) is 1.69. The molecular weight excluding hydrogens is 436 g/mol. The zero-order valence-corrected chi connectivity index (χ0v) is 17.8. The van der Waals surface area contributed by atoms with E-state index in [0.717, 1.165) is 17.3 Å². The highest BCUT2D eigenvalue weighted by Crippen LogP contribution is 2.20. The Morgan fingerprint density at radius 1 is 1.07 bits per heavy atom. The second-order valence-electron chi connectivity index (χ2n) is 7.07. The molecule has 0 aromatic heterocycles. The first kappa shape index (κ1) is 21.0. The molecule has 7 heteroatoms. The zero-order valence-electron chi connectivity index (χ0n) is 16.2. The lowest BCUT2D eigenvalue weighted by molar-refractivity contribution is -0.131. The van der Waals surface area contributed by atoms with Crippen LogP contribution in [0.3, 0.4) is 0 Å². The van der Waals surface area contributed by atoms with Crippen molar-refractivity contribution >= 4 is 33.7 Å². The van der Waals surface area contributed by atoms with Gasteiger partial charge >= 0.3 is 5.97 Å². The number of benzene rings is 2. The number of rotatable bonds is 5. The van der Waals surface area contributed by atoms with Crippen molar-refractivity contribution in [1.82, 2.24) is 10.2 Å². The summed E-state index contributed by atoms with van der Waals surface area (Å²) in [5, 5.41) is 2.94. The van der Waals surface area contributed by atoms with Crippen LogP contribution in [-0.2, 0) is 4.79 Å². The standard InChI is InChI=1S/C22H23BrN2O4/c1-15(26)29-20-4-2-3-18(13-20)21(27)24-14-16-9-11-25(12-10-16)22(28)17-5-7-19(23)8-6-17/h2-8,13,16H,9-12,14H2,1H3,(H,24,27). The van der Waals surface area contributed by atoms with Gasteiger partial charge in [-0.15, -0.1) is 0 Å². The number of halogens is 1. The molecule has 3 rings (SSSR count). The van der Waals surface area contributed by atoms with Crippen LogP contribution in [0.25, 0.3) is 0 Å². The third-order valence-corrected chi connectivity index (χ3v) is 5.43. The van der Waals surface area contributed by atoms with E-state index < -0.39 is 5.97 Å². The molecule has 1 fully saturated rings. The fourth-order valence-electron chi connectivity index (χ4n) is 3.32. The van der Waals surface area contributed by atoms with E-state index >= 15 is 0 Å². The van der Waals surface area contributed by atoms with Crippen molar-refractivity contribution in [2.75, 3.05) is 19.6 Å². The van der Waals surface area contributed by atoms with Crippen LogP contribution in [0.2, 0.25) is 0 Å². The number of amides is 2. The molecule has 2 amide bonds. The molecule has 0 spiro atoms. The second kappa shape index (κ2) is 9.69. The van der Waals surface area contributed by atoms with E-state index in [0.29, 0.717) is 42.4 Å². The average molecular weight is 459 g/mol. The van der Waals surface area contributed by atoms with Gasteiger partial charge in [-0.2, -0.15) is 0 Å². The predicted molar refractivity (Wildman–Crippen MR) is 113 cm³/mol. The summed E-state index contributed by atoms with van der Waals surface area (Å²) in [7, 11) is 0. The lowest BCUT2D eigenvalue weighted by Gasteiger charge is -2.32. The van der Waals surface area contributed by atoms with Crippen LogP contribution in [0, 0.1) is 5.92 Å². The number of nitrogens with one attached hydrogen (secondary N) is 1.